The molecule has 3 aromatic rings. The quantitative estimate of drug-likeness (QED) is 0.469. The van der Waals surface area contributed by atoms with Gasteiger partial charge in [-0.1, -0.05) is 0 Å². The minimum atomic E-state index is -4.97. The van der Waals surface area contributed by atoms with Crippen molar-refractivity contribution < 1.29 is 17.6 Å². The number of hydrogen-bond acceptors (Lipinski definition) is 5. The zero-order valence-electron chi connectivity index (χ0n) is 15.7. The van der Waals surface area contributed by atoms with Crippen molar-refractivity contribution in [1.82, 2.24) is 19.7 Å². The Kier molecular flexibility index (Phi) is 5.82. The third-order valence-corrected chi connectivity index (χ3v) is 4.24. The first-order valence-electron chi connectivity index (χ1n) is 8.75. The first-order chi connectivity index (χ1) is 14.2. The molecule has 0 aromatic carbocycles. The molecule has 0 bridgehead atoms. The van der Waals surface area contributed by atoms with E-state index in [1.165, 1.54) is 12.1 Å². The number of aryl methyl sites for hydroxylation is 1. The molecule has 0 aliphatic carbocycles. The fraction of sp³-hybridized carbons (Fsp3) is 0.200. The van der Waals surface area contributed by atoms with E-state index in [0.29, 0.717) is 22.5 Å². The van der Waals surface area contributed by atoms with Gasteiger partial charge in [0.15, 0.2) is 0 Å². The summed E-state index contributed by atoms with van der Waals surface area (Å²) < 4.78 is 52.0. The van der Waals surface area contributed by atoms with Crippen molar-refractivity contribution >= 4 is 17.4 Å². The Morgan fingerprint density at radius 2 is 2.10 bits per heavy atom. The molecular weight excluding hydrogens is 400 g/mol. The third-order valence-electron chi connectivity index (χ3n) is 4.24. The summed E-state index contributed by atoms with van der Waals surface area (Å²) >= 11 is 0. The van der Waals surface area contributed by atoms with E-state index in [9.17, 15) is 22.8 Å². The number of nitrogens with one attached hydrogen (secondary N) is 2. The smallest absolute Gasteiger partial charge is 0.387 e. The van der Waals surface area contributed by atoms with Crippen molar-refractivity contribution in [3.8, 4) is 17.3 Å². The van der Waals surface area contributed by atoms with E-state index in [1.807, 2.05) is 19.2 Å². The monoisotopic (exact) mass is 416 g/mol. The average Bonchev–Trinajstić information content (AvgIpc) is 3.09. The fourth-order valence-corrected chi connectivity index (χ4v) is 2.82. The Balaban J connectivity index is 2.02. The average molecular weight is 416 g/mol. The van der Waals surface area contributed by atoms with Gasteiger partial charge in [-0.3, -0.25) is 0 Å². The summed E-state index contributed by atoms with van der Waals surface area (Å²) in [5, 5.41) is 19.1. The largest absolute Gasteiger partial charge is 0.421 e. The van der Waals surface area contributed by atoms with E-state index >= 15 is 0 Å². The van der Waals surface area contributed by atoms with Crippen LogP contribution in [0.15, 0.2) is 42.9 Å². The van der Waals surface area contributed by atoms with E-state index < -0.39 is 18.9 Å². The Labute approximate surface area is 169 Å². The molecule has 0 amide bonds. The number of pyridine rings is 2. The van der Waals surface area contributed by atoms with E-state index in [-0.39, 0.29) is 11.3 Å². The van der Waals surface area contributed by atoms with Crippen molar-refractivity contribution in [1.29, 1.82) is 10.7 Å². The Bertz CT molecular complexity index is 1160. The van der Waals surface area contributed by atoms with Gasteiger partial charge in [0.2, 0.25) is 6.17 Å². The normalized spacial score (nSPS) is 13.1. The van der Waals surface area contributed by atoms with Crippen LogP contribution in [0, 0.1) is 23.7 Å². The highest BCUT2D eigenvalue weighted by molar-refractivity contribution is 6.10. The molecule has 154 valence electrons. The topological polar surface area (TPSA) is 89.9 Å². The van der Waals surface area contributed by atoms with Crippen molar-refractivity contribution in [2.24, 2.45) is 0 Å². The number of alkyl halides is 4. The van der Waals surface area contributed by atoms with Crippen LogP contribution < -0.4 is 5.32 Å². The van der Waals surface area contributed by atoms with Crippen LogP contribution in [-0.2, 0) is 0 Å². The molecule has 6 nitrogen and oxygen atoms in total. The molecule has 10 heteroatoms. The molecule has 30 heavy (non-hydrogen) atoms. The number of allylic oxidation sites excluding steroid dienone is 1. The Morgan fingerprint density at radius 3 is 2.77 bits per heavy atom. The van der Waals surface area contributed by atoms with Crippen LogP contribution in [0.25, 0.3) is 22.5 Å². The van der Waals surface area contributed by atoms with Gasteiger partial charge in [0.05, 0.1) is 17.9 Å². The predicted octanol–water partition coefficient (Wildman–Crippen LogP) is 4.06. The number of fused-ring (bicyclic) bond motifs is 1. The van der Waals surface area contributed by atoms with Crippen molar-refractivity contribution in [3.05, 3.63) is 59.8 Å². The lowest BCUT2D eigenvalue weighted by molar-refractivity contribution is -0.178. The molecule has 3 rings (SSSR count). The van der Waals surface area contributed by atoms with Gasteiger partial charge in [-0.25, -0.2) is 14.4 Å². The molecule has 0 aliphatic heterocycles. The van der Waals surface area contributed by atoms with Crippen molar-refractivity contribution in [3.63, 3.8) is 0 Å². The number of nitriles is 1. The molecular formula is C20H16F4N6. The maximum atomic E-state index is 13.1. The lowest BCUT2D eigenvalue weighted by Crippen LogP contribution is -2.33. The molecule has 0 fully saturated rings. The highest BCUT2D eigenvalue weighted by atomic mass is 19.4. The standard InChI is InChI=1S/C20H16F4N6/c1-12-11-30-5-4-13(6-18(30)28-12)19-16(3-2-15(8-26)29-19)14(7-25)9-27-10-17(21)20(22,23)24/h2-7,9,11,17,25,27H,10H2,1H3/b14-9+,25-7?. The van der Waals surface area contributed by atoms with Gasteiger partial charge in [0.1, 0.15) is 17.4 Å². The van der Waals surface area contributed by atoms with Crippen molar-refractivity contribution in [2.45, 2.75) is 19.3 Å². The lowest BCUT2D eigenvalue weighted by Gasteiger charge is -2.13. The van der Waals surface area contributed by atoms with Gasteiger partial charge < -0.3 is 15.1 Å². The molecule has 1 atom stereocenters. The summed E-state index contributed by atoms with van der Waals surface area (Å²) in [4.78, 5) is 8.68. The second kappa shape index (κ2) is 8.32. The first kappa shape index (κ1) is 21.0. The van der Waals surface area contributed by atoms with Crippen LogP contribution in [0.4, 0.5) is 17.6 Å². The molecule has 0 aliphatic rings. The summed E-state index contributed by atoms with van der Waals surface area (Å²) in [5.41, 5.74) is 3.10. The lowest BCUT2D eigenvalue weighted by atomic mass is 10.0. The van der Waals surface area contributed by atoms with Gasteiger partial charge in [-0.15, -0.1) is 0 Å². The maximum Gasteiger partial charge on any atom is 0.421 e. The van der Waals surface area contributed by atoms with E-state index in [1.54, 1.807) is 22.7 Å². The van der Waals surface area contributed by atoms with Crippen molar-refractivity contribution in [2.75, 3.05) is 6.54 Å². The minimum absolute atomic E-state index is 0.131. The number of aromatic nitrogens is 3. The summed E-state index contributed by atoms with van der Waals surface area (Å²) in [6.07, 6.45) is -2.37. The summed E-state index contributed by atoms with van der Waals surface area (Å²) in [6, 6.07) is 8.40. The zero-order chi connectivity index (χ0) is 21.9. The van der Waals surface area contributed by atoms with E-state index in [4.69, 9.17) is 5.41 Å². The summed E-state index contributed by atoms with van der Waals surface area (Å²) in [6.45, 7) is 0.854. The van der Waals surface area contributed by atoms with Crippen LogP contribution >= 0.6 is 0 Å². The van der Waals surface area contributed by atoms with Crippen LogP contribution in [0.1, 0.15) is 17.0 Å². The van der Waals surface area contributed by atoms with E-state index in [2.05, 4.69) is 15.3 Å². The number of halogens is 4. The molecule has 0 saturated heterocycles. The highest BCUT2D eigenvalue weighted by Gasteiger charge is 2.39. The maximum absolute atomic E-state index is 13.1. The van der Waals surface area contributed by atoms with Gasteiger partial charge >= 0.3 is 6.18 Å². The highest BCUT2D eigenvalue weighted by Crippen LogP contribution is 2.28. The van der Waals surface area contributed by atoms with Crippen LogP contribution in [0.2, 0.25) is 0 Å². The molecule has 2 N–H and O–H groups in total. The predicted molar refractivity (Wildman–Crippen MR) is 104 cm³/mol. The second-order valence-corrected chi connectivity index (χ2v) is 6.43. The number of rotatable bonds is 6. The van der Waals surface area contributed by atoms with Gasteiger partial charge in [0, 0.05) is 41.5 Å². The molecule has 3 heterocycles. The van der Waals surface area contributed by atoms with Crippen LogP contribution in [0.5, 0.6) is 0 Å². The molecule has 0 saturated carbocycles. The number of imidazole rings is 1. The summed E-state index contributed by atoms with van der Waals surface area (Å²) in [5.74, 6) is 0. The number of nitrogens with zero attached hydrogens (tertiary/aromatic N) is 4. The van der Waals surface area contributed by atoms with Crippen LogP contribution in [0.3, 0.4) is 0 Å². The summed E-state index contributed by atoms with van der Waals surface area (Å²) in [7, 11) is 0. The first-order valence-corrected chi connectivity index (χ1v) is 8.75. The number of hydrogen-bond donors (Lipinski definition) is 2. The van der Waals surface area contributed by atoms with E-state index in [0.717, 1.165) is 18.1 Å². The fourth-order valence-electron chi connectivity index (χ4n) is 2.82. The van der Waals surface area contributed by atoms with Gasteiger partial charge in [0.25, 0.3) is 0 Å². The molecule has 1 unspecified atom stereocenters. The zero-order valence-corrected chi connectivity index (χ0v) is 15.7. The Morgan fingerprint density at radius 1 is 1.33 bits per heavy atom. The van der Waals surface area contributed by atoms with Crippen LogP contribution in [-0.4, -0.2) is 39.5 Å². The molecule has 3 aromatic heterocycles. The minimum Gasteiger partial charge on any atom is -0.387 e. The second-order valence-electron chi connectivity index (χ2n) is 6.43. The van der Waals surface area contributed by atoms with Gasteiger partial charge in [-0.05, 0) is 31.2 Å². The van der Waals surface area contributed by atoms with Gasteiger partial charge in [-0.2, -0.15) is 18.4 Å². The molecule has 0 spiro atoms. The SMILES string of the molecule is Cc1cn2ccc(-c3nc(C#N)ccc3/C(C=N)=C/NCC(F)C(F)(F)F)cc2n1. The Hall–Kier alpha value is -3.74. The third kappa shape index (κ3) is 4.46. The molecule has 0 radical (unpaired) electrons.